The summed E-state index contributed by atoms with van der Waals surface area (Å²) >= 11 is 0. The standard InChI is InChI=1S/C20H26N2O/c1-12-6-5-9-15-14(11-21-19(12)15)10-13(2)22-20(23)18-16-7-3-4-8-17(16)18/h5-6,9,11,13,16-18,21H,3-4,7-8,10H2,1-2H3,(H,22,23)/t13-,16+,17+/m0/s1. The van der Waals surface area contributed by atoms with Crippen LogP contribution in [0.5, 0.6) is 0 Å². The molecule has 0 saturated heterocycles. The fraction of sp³-hybridized carbons (Fsp3) is 0.550. The molecule has 1 amide bonds. The van der Waals surface area contributed by atoms with Gasteiger partial charge in [-0.25, -0.2) is 0 Å². The maximum absolute atomic E-state index is 12.5. The smallest absolute Gasteiger partial charge is 0.223 e. The van der Waals surface area contributed by atoms with Gasteiger partial charge in [0.15, 0.2) is 0 Å². The van der Waals surface area contributed by atoms with E-state index in [0.717, 1.165) is 6.42 Å². The number of fused-ring (bicyclic) bond motifs is 2. The SMILES string of the molecule is Cc1cccc2c(C[C@H](C)NC(=O)C3[C@@H]4CCCC[C@@H]34)c[nH]c12. The number of aromatic nitrogens is 1. The summed E-state index contributed by atoms with van der Waals surface area (Å²) in [6.45, 7) is 4.25. The molecule has 1 heterocycles. The number of H-pyrrole nitrogens is 1. The van der Waals surface area contributed by atoms with Gasteiger partial charge in [-0.1, -0.05) is 31.0 Å². The number of carbonyl (C=O) groups is 1. The highest BCUT2D eigenvalue weighted by molar-refractivity contribution is 5.86. The summed E-state index contributed by atoms with van der Waals surface area (Å²) in [6.07, 6.45) is 8.14. The Balaban J connectivity index is 1.40. The summed E-state index contributed by atoms with van der Waals surface area (Å²) in [6, 6.07) is 6.58. The summed E-state index contributed by atoms with van der Waals surface area (Å²) in [7, 11) is 0. The van der Waals surface area contributed by atoms with Crippen LogP contribution in [-0.4, -0.2) is 16.9 Å². The van der Waals surface area contributed by atoms with E-state index in [2.05, 4.69) is 48.5 Å². The number of para-hydroxylation sites is 1. The van der Waals surface area contributed by atoms with E-state index in [9.17, 15) is 4.79 Å². The van der Waals surface area contributed by atoms with Crippen LogP contribution in [0.3, 0.4) is 0 Å². The topological polar surface area (TPSA) is 44.9 Å². The average Bonchev–Trinajstić information content (AvgIpc) is 3.14. The summed E-state index contributed by atoms with van der Waals surface area (Å²) in [5.74, 6) is 1.98. The fourth-order valence-corrected chi connectivity index (χ4v) is 4.63. The Bertz CT molecular complexity index is 720. The van der Waals surface area contributed by atoms with Crippen LogP contribution in [0.15, 0.2) is 24.4 Å². The van der Waals surface area contributed by atoms with Gasteiger partial charge < -0.3 is 10.3 Å². The normalized spacial score (nSPS) is 27.5. The summed E-state index contributed by atoms with van der Waals surface area (Å²) in [5.41, 5.74) is 3.78. The van der Waals surface area contributed by atoms with E-state index in [1.54, 1.807) is 0 Å². The van der Waals surface area contributed by atoms with Crippen LogP contribution in [0, 0.1) is 24.7 Å². The number of aromatic amines is 1. The Kier molecular flexibility index (Phi) is 3.67. The second-order valence-corrected chi connectivity index (χ2v) is 7.56. The first-order valence-corrected chi connectivity index (χ1v) is 9.01. The monoisotopic (exact) mass is 310 g/mol. The van der Waals surface area contributed by atoms with Crippen molar-refractivity contribution in [3.8, 4) is 0 Å². The second kappa shape index (κ2) is 5.70. The molecule has 122 valence electrons. The van der Waals surface area contributed by atoms with Crippen LogP contribution >= 0.6 is 0 Å². The Morgan fingerprint density at radius 2 is 2.04 bits per heavy atom. The third-order valence-corrected chi connectivity index (χ3v) is 5.88. The Morgan fingerprint density at radius 3 is 2.78 bits per heavy atom. The quantitative estimate of drug-likeness (QED) is 0.882. The van der Waals surface area contributed by atoms with Crippen molar-refractivity contribution in [2.75, 3.05) is 0 Å². The lowest BCUT2D eigenvalue weighted by Gasteiger charge is -2.13. The molecule has 2 aliphatic rings. The lowest BCUT2D eigenvalue weighted by Crippen LogP contribution is -2.35. The zero-order valence-electron chi connectivity index (χ0n) is 14.1. The van der Waals surface area contributed by atoms with Crippen LogP contribution in [-0.2, 0) is 11.2 Å². The third kappa shape index (κ3) is 2.66. The van der Waals surface area contributed by atoms with E-state index in [1.807, 2.05) is 0 Å². The van der Waals surface area contributed by atoms with Crippen LogP contribution < -0.4 is 5.32 Å². The van der Waals surface area contributed by atoms with Gasteiger partial charge in [0.25, 0.3) is 0 Å². The van der Waals surface area contributed by atoms with Crippen molar-refractivity contribution in [1.29, 1.82) is 0 Å². The van der Waals surface area contributed by atoms with E-state index in [4.69, 9.17) is 0 Å². The molecule has 3 nitrogen and oxygen atoms in total. The minimum atomic E-state index is 0.185. The van der Waals surface area contributed by atoms with E-state index in [-0.39, 0.29) is 6.04 Å². The number of nitrogens with one attached hydrogen (secondary N) is 2. The van der Waals surface area contributed by atoms with Crippen molar-refractivity contribution < 1.29 is 4.79 Å². The molecule has 1 aromatic heterocycles. The zero-order chi connectivity index (χ0) is 16.0. The third-order valence-electron chi connectivity index (χ3n) is 5.88. The average molecular weight is 310 g/mol. The minimum absolute atomic E-state index is 0.185. The van der Waals surface area contributed by atoms with Crippen LogP contribution in [0.25, 0.3) is 10.9 Å². The first-order chi connectivity index (χ1) is 11.1. The molecule has 3 atom stereocenters. The highest BCUT2D eigenvalue weighted by Crippen LogP contribution is 2.55. The van der Waals surface area contributed by atoms with Crippen molar-refractivity contribution in [3.05, 3.63) is 35.5 Å². The molecule has 3 heteroatoms. The van der Waals surface area contributed by atoms with Gasteiger partial charge in [-0.2, -0.15) is 0 Å². The molecule has 0 bridgehead atoms. The number of amides is 1. The predicted octanol–water partition coefficient (Wildman–Crippen LogP) is 3.96. The van der Waals surface area contributed by atoms with Crippen molar-refractivity contribution in [1.82, 2.24) is 10.3 Å². The molecule has 1 aromatic carbocycles. The van der Waals surface area contributed by atoms with Crippen molar-refractivity contribution in [3.63, 3.8) is 0 Å². The van der Waals surface area contributed by atoms with Gasteiger partial charge in [-0.3, -0.25) is 4.79 Å². The molecule has 2 fully saturated rings. The molecule has 4 rings (SSSR count). The van der Waals surface area contributed by atoms with Crippen molar-refractivity contribution in [2.45, 2.75) is 52.0 Å². The van der Waals surface area contributed by atoms with Gasteiger partial charge in [0, 0.05) is 29.1 Å². The van der Waals surface area contributed by atoms with Crippen molar-refractivity contribution in [2.24, 2.45) is 17.8 Å². The Hall–Kier alpha value is -1.77. The van der Waals surface area contributed by atoms with Gasteiger partial charge in [0.1, 0.15) is 0 Å². The lowest BCUT2D eigenvalue weighted by molar-refractivity contribution is -0.123. The Morgan fingerprint density at radius 1 is 1.30 bits per heavy atom. The fourth-order valence-electron chi connectivity index (χ4n) is 4.63. The summed E-state index contributed by atoms with van der Waals surface area (Å²) in [5, 5.41) is 4.55. The Labute approximate surface area is 137 Å². The first-order valence-electron chi connectivity index (χ1n) is 9.01. The number of carbonyl (C=O) groups excluding carboxylic acids is 1. The first kappa shape index (κ1) is 14.8. The van der Waals surface area contributed by atoms with Gasteiger partial charge >= 0.3 is 0 Å². The molecule has 2 saturated carbocycles. The van der Waals surface area contributed by atoms with E-state index in [1.165, 1.54) is 47.7 Å². The number of rotatable bonds is 4. The molecule has 0 aliphatic heterocycles. The molecular formula is C20H26N2O. The van der Waals surface area contributed by atoms with Gasteiger partial charge in [-0.15, -0.1) is 0 Å². The van der Waals surface area contributed by atoms with E-state index in [0.29, 0.717) is 23.7 Å². The molecule has 2 aliphatic carbocycles. The predicted molar refractivity (Wildman–Crippen MR) is 93.3 cm³/mol. The number of hydrogen-bond acceptors (Lipinski definition) is 1. The zero-order valence-corrected chi connectivity index (χ0v) is 14.1. The highest BCUT2D eigenvalue weighted by Gasteiger charge is 2.54. The van der Waals surface area contributed by atoms with E-state index >= 15 is 0 Å². The largest absolute Gasteiger partial charge is 0.361 e. The summed E-state index contributed by atoms with van der Waals surface area (Å²) < 4.78 is 0. The molecule has 0 radical (unpaired) electrons. The van der Waals surface area contributed by atoms with Crippen LogP contribution in [0.1, 0.15) is 43.7 Å². The van der Waals surface area contributed by atoms with E-state index < -0.39 is 0 Å². The van der Waals surface area contributed by atoms with Gasteiger partial charge in [0.2, 0.25) is 5.91 Å². The lowest BCUT2D eigenvalue weighted by atomic mass is 10.0. The molecule has 0 spiro atoms. The number of benzene rings is 1. The molecule has 2 N–H and O–H groups in total. The molecular weight excluding hydrogens is 284 g/mol. The maximum atomic E-state index is 12.5. The highest BCUT2D eigenvalue weighted by atomic mass is 16.2. The molecule has 0 unspecified atom stereocenters. The van der Waals surface area contributed by atoms with Crippen molar-refractivity contribution >= 4 is 16.8 Å². The molecule has 2 aromatic rings. The number of aryl methyl sites for hydroxylation is 1. The number of hydrogen-bond donors (Lipinski definition) is 2. The van der Waals surface area contributed by atoms with Gasteiger partial charge in [0.05, 0.1) is 0 Å². The van der Waals surface area contributed by atoms with Crippen LogP contribution in [0.2, 0.25) is 0 Å². The van der Waals surface area contributed by atoms with Gasteiger partial charge in [-0.05, 0) is 56.1 Å². The summed E-state index contributed by atoms with van der Waals surface area (Å²) in [4.78, 5) is 15.9. The molecule has 23 heavy (non-hydrogen) atoms. The maximum Gasteiger partial charge on any atom is 0.223 e. The van der Waals surface area contributed by atoms with Crippen LogP contribution in [0.4, 0.5) is 0 Å². The minimum Gasteiger partial charge on any atom is -0.361 e. The second-order valence-electron chi connectivity index (χ2n) is 7.56.